The largest absolute Gasteiger partial charge is 0.379 e. The molecule has 184 valence electrons. The number of carbonyl (C=O) groups excluding carboxylic acids is 1. The van der Waals surface area contributed by atoms with Crippen LogP contribution in [-0.4, -0.2) is 82.0 Å². The summed E-state index contributed by atoms with van der Waals surface area (Å²) in [5, 5.41) is 0.471. The Labute approximate surface area is 208 Å². The van der Waals surface area contributed by atoms with Gasteiger partial charge in [0, 0.05) is 45.8 Å². The fraction of sp³-hybridized carbons (Fsp3) is 0.364. The van der Waals surface area contributed by atoms with Crippen molar-refractivity contribution in [3.05, 3.63) is 53.8 Å². The average Bonchev–Trinajstić information content (AvgIpc) is 3.22. The third-order valence-corrected chi connectivity index (χ3v) is 8.31. The van der Waals surface area contributed by atoms with Crippen LogP contribution in [0, 0.1) is 5.82 Å². The number of sulfonamides is 1. The van der Waals surface area contributed by atoms with Crippen LogP contribution in [0.1, 0.15) is 10.4 Å². The van der Waals surface area contributed by atoms with Crippen LogP contribution in [0.4, 0.5) is 9.52 Å². The quantitative estimate of drug-likeness (QED) is 0.468. The molecular formula is C22H26ClFN4O4S2. The molecule has 0 saturated carbocycles. The summed E-state index contributed by atoms with van der Waals surface area (Å²) in [6.45, 7) is 3.88. The topological polar surface area (TPSA) is 83.1 Å². The molecule has 3 aromatic rings. The van der Waals surface area contributed by atoms with Crippen molar-refractivity contribution >= 4 is 55.0 Å². The number of rotatable bonds is 7. The van der Waals surface area contributed by atoms with E-state index in [-0.39, 0.29) is 29.0 Å². The van der Waals surface area contributed by atoms with Crippen LogP contribution in [0.3, 0.4) is 0 Å². The van der Waals surface area contributed by atoms with E-state index in [1.54, 1.807) is 11.0 Å². The predicted octanol–water partition coefficient (Wildman–Crippen LogP) is 3.09. The number of aromatic nitrogens is 1. The van der Waals surface area contributed by atoms with E-state index in [1.165, 1.54) is 61.8 Å². The van der Waals surface area contributed by atoms with E-state index in [0.29, 0.717) is 47.2 Å². The number of anilines is 1. The molecule has 4 rings (SSSR count). The van der Waals surface area contributed by atoms with Crippen molar-refractivity contribution < 1.29 is 22.3 Å². The highest BCUT2D eigenvalue weighted by molar-refractivity contribution is 7.89. The summed E-state index contributed by atoms with van der Waals surface area (Å²) in [7, 11) is -0.682. The number of halogens is 2. The van der Waals surface area contributed by atoms with Gasteiger partial charge < -0.3 is 4.74 Å². The van der Waals surface area contributed by atoms with Gasteiger partial charge in [-0.1, -0.05) is 11.3 Å². The first kappa shape index (κ1) is 26.5. The number of thiazole rings is 1. The Kier molecular flexibility index (Phi) is 8.61. The minimum absolute atomic E-state index is 0. The van der Waals surface area contributed by atoms with Crippen LogP contribution < -0.4 is 4.90 Å². The molecule has 1 saturated heterocycles. The van der Waals surface area contributed by atoms with Crippen molar-refractivity contribution in [1.82, 2.24) is 14.2 Å². The third-order valence-electron chi connectivity index (χ3n) is 5.44. The second kappa shape index (κ2) is 11.1. The van der Waals surface area contributed by atoms with Gasteiger partial charge in [-0.25, -0.2) is 22.1 Å². The van der Waals surface area contributed by atoms with Gasteiger partial charge in [-0.05, 0) is 42.5 Å². The smallest absolute Gasteiger partial charge is 0.260 e. The number of carbonyl (C=O) groups is 1. The summed E-state index contributed by atoms with van der Waals surface area (Å²) in [5.41, 5.74) is 0.966. The second-order valence-electron chi connectivity index (χ2n) is 7.83. The molecule has 2 aromatic carbocycles. The summed E-state index contributed by atoms with van der Waals surface area (Å²) in [6, 6.07) is 10.2. The molecule has 1 fully saturated rings. The molecule has 2 heterocycles. The van der Waals surface area contributed by atoms with Crippen molar-refractivity contribution in [3.8, 4) is 0 Å². The van der Waals surface area contributed by atoms with E-state index in [1.807, 2.05) is 0 Å². The fourth-order valence-electron chi connectivity index (χ4n) is 3.49. The van der Waals surface area contributed by atoms with Gasteiger partial charge in [0.25, 0.3) is 5.91 Å². The van der Waals surface area contributed by atoms with Crippen molar-refractivity contribution in [1.29, 1.82) is 0 Å². The Morgan fingerprint density at radius 3 is 2.47 bits per heavy atom. The van der Waals surface area contributed by atoms with Crippen LogP contribution in [0.25, 0.3) is 10.2 Å². The highest BCUT2D eigenvalue weighted by Gasteiger charge is 2.24. The molecule has 0 unspecified atom stereocenters. The minimum Gasteiger partial charge on any atom is -0.379 e. The summed E-state index contributed by atoms with van der Waals surface area (Å²) in [6.07, 6.45) is 0. The molecule has 0 N–H and O–H groups in total. The molecule has 34 heavy (non-hydrogen) atoms. The molecule has 1 aliphatic heterocycles. The third kappa shape index (κ3) is 5.73. The van der Waals surface area contributed by atoms with Gasteiger partial charge in [0.1, 0.15) is 5.82 Å². The molecule has 0 bridgehead atoms. The lowest BCUT2D eigenvalue weighted by Crippen LogP contribution is -2.43. The van der Waals surface area contributed by atoms with Gasteiger partial charge in [-0.15, -0.1) is 12.4 Å². The van der Waals surface area contributed by atoms with Crippen LogP contribution in [0.15, 0.2) is 47.4 Å². The number of fused-ring (bicyclic) bond motifs is 1. The standard InChI is InChI=1S/C22H25FN4O4S2.ClH/c1-25(2)33(29,30)18-6-3-16(4-7-18)21(28)27(10-9-26-11-13-31-14-12-26)22-24-19-8-5-17(23)15-20(19)32-22;/h3-8,15H,9-14H2,1-2H3;1H. The maximum absolute atomic E-state index is 13.7. The Hall–Kier alpha value is -2.15. The maximum Gasteiger partial charge on any atom is 0.260 e. The van der Waals surface area contributed by atoms with E-state index in [2.05, 4.69) is 9.88 Å². The molecule has 1 amide bonds. The number of morpholine rings is 1. The zero-order valence-electron chi connectivity index (χ0n) is 18.8. The molecule has 0 atom stereocenters. The van der Waals surface area contributed by atoms with Gasteiger partial charge in [-0.3, -0.25) is 14.6 Å². The van der Waals surface area contributed by atoms with E-state index in [9.17, 15) is 17.6 Å². The molecule has 8 nitrogen and oxygen atoms in total. The van der Waals surface area contributed by atoms with Crippen LogP contribution in [-0.2, 0) is 14.8 Å². The molecule has 1 aromatic heterocycles. The zero-order valence-corrected chi connectivity index (χ0v) is 21.3. The van der Waals surface area contributed by atoms with Gasteiger partial charge in [-0.2, -0.15) is 0 Å². The van der Waals surface area contributed by atoms with Crippen molar-refractivity contribution in [3.63, 3.8) is 0 Å². The monoisotopic (exact) mass is 528 g/mol. The minimum atomic E-state index is -3.59. The van der Waals surface area contributed by atoms with Crippen molar-refractivity contribution in [2.45, 2.75) is 4.90 Å². The van der Waals surface area contributed by atoms with Gasteiger partial charge in [0.15, 0.2) is 5.13 Å². The van der Waals surface area contributed by atoms with E-state index >= 15 is 0 Å². The molecule has 0 spiro atoms. The fourth-order valence-corrected chi connectivity index (χ4v) is 5.40. The number of amides is 1. The van der Waals surface area contributed by atoms with Crippen molar-refractivity contribution in [2.75, 3.05) is 58.4 Å². The van der Waals surface area contributed by atoms with Crippen molar-refractivity contribution in [2.24, 2.45) is 0 Å². The first-order chi connectivity index (χ1) is 15.8. The number of nitrogens with zero attached hydrogens (tertiary/aromatic N) is 4. The summed E-state index contributed by atoms with van der Waals surface area (Å²) in [5.74, 6) is -0.654. The van der Waals surface area contributed by atoms with Gasteiger partial charge in [0.05, 0.1) is 28.3 Å². The Bertz CT molecular complexity index is 1250. The molecule has 12 heteroatoms. The molecule has 0 aliphatic carbocycles. The zero-order chi connectivity index (χ0) is 23.6. The Morgan fingerprint density at radius 1 is 1.15 bits per heavy atom. The number of hydrogen-bond acceptors (Lipinski definition) is 7. The molecular weight excluding hydrogens is 503 g/mol. The Balaban J connectivity index is 0.00000324. The second-order valence-corrected chi connectivity index (χ2v) is 11.0. The number of benzene rings is 2. The lowest BCUT2D eigenvalue weighted by molar-refractivity contribution is 0.0391. The highest BCUT2D eigenvalue weighted by atomic mass is 35.5. The van der Waals surface area contributed by atoms with Crippen LogP contribution in [0.2, 0.25) is 0 Å². The van der Waals surface area contributed by atoms with E-state index < -0.39 is 10.0 Å². The number of hydrogen-bond donors (Lipinski definition) is 0. The normalized spacial score (nSPS) is 14.8. The predicted molar refractivity (Wildman–Crippen MR) is 133 cm³/mol. The summed E-state index contributed by atoms with van der Waals surface area (Å²) >= 11 is 1.25. The lowest BCUT2D eigenvalue weighted by atomic mass is 10.2. The first-order valence-electron chi connectivity index (χ1n) is 10.5. The molecule has 1 aliphatic rings. The van der Waals surface area contributed by atoms with E-state index in [4.69, 9.17) is 4.74 Å². The molecule has 0 radical (unpaired) electrons. The summed E-state index contributed by atoms with van der Waals surface area (Å²) in [4.78, 5) is 21.9. The maximum atomic E-state index is 13.7. The Morgan fingerprint density at radius 2 is 1.82 bits per heavy atom. The van der Waals surface area contributed by atoms with Crippen LogP contribution >= 0.6 is 23.7 Å². The van der Waals surface area contributed by atoms with Gasteiger partial charge >= 0.3 is 0 Å². The number of ether oxygens (including phenoxy) is 1. The van der Waals surface area contributed by atoms with Gasteiger partial charge in [0.2, 0.25) is 10.0 Å². The average molecular weight is 529 g/mol. The summed E-state index contributed by atoms with van der Waals surface area (Å²) < 4.78 is 45.5. The van der Waals surface area contributed by atoms with Crippen LogP contribution in [0.5, 0.6) is 0 Å². The first-order valence-corrected chi connectivity index (χ1v) is 12.7. The highest BCUT2D eigenvalue weighted by Crippen LogP contribution is 2.30. The SMILES string of the molecule is CN(C)S(=O)(=O)c1ccc(C(=O)N(CCN2CCOCC2)c2nc3ccc(F)cc3s2)cc1.Cl. The lowest BCUT2D eigenvalue weighted by Gasteiger charge is -2.29. The van der Waals surface area contributed by atoms with E-state index in [0.717, 1.165) is 17.4 Å².